The first-order valence-corrected chi connectivity index (χ1v) is 18.8. The Morgan fingerprint density at radius 3 is 1.52 bits per heavy atom. The molecule has 0 amide bonds. The predicted molar refractivity (Wildman–Crippen MR) is 221 cm³/mol. The molecule has 0 fully saturated rings. The van der Waals surface area contributed by atoms with Crippen LogP contribution in [0.15, 0.2) is 158 Å². The number of nitrogens with zero attached hydrogens (tertiary/aromatic N) is 8. The van der Waals surface area contributed by atoms with Gasteiger partial charge >= 0.3 is 0 Å². The Balaban J connectivity index is 1.12. The lowest BCUT2D eigenvalue weighted by Gasteiger charge is -2.11. The van der Waals surface area contributed by atoms with Gasteiger partial charge in [-0.05, 0) is 91.0 Å². The number of hydrogen-bond donors (Lipinski definition) is 0. The number of para-hydroxylation sites is 9. The van der Waals surface area contributed by atoms with Crippen LogP contribution < -0.4 is 0 Å². The summed E-state index contributed by atoms with van der Waals surface area (Å²) in [7, 11) is 0. The second-order valence-electron chi connectivity index (χ2n) is 13.8. The third-order valence-electron chi connectivity index (χ3n) is 11.0. The molecule has 9 heteroatoms. The molecule has 13 aromatic rings. The molecule has 54 heavy (non-hydrogen) atoms. The van der Waals surface area contributed by atoms with Crippen LogP contribution in [0.2, 0.25) is 0 Å². The van der Waals surface area contributed by atoms with Crippen molar-refractivity contribution in [3.05, 3.63) is 158 Å². The molecule has 0 saturated carbocycles. The summed E-state index contributed by atoms with van der Waals surface area (Å²) in [5.74, 6) is 0.902. The smallest absolute Gasteiger partial charge is 0.220 e. The van der Waals surface area contributed by atoms with Crippen LogP contribution in [0.25, 0.3) is 104 Å². The summed E-state index contributed by atoms with van der Waals surface area (Å²) < 4.78 is 11.5. The van der Waals surface area contributed by atoms with Crippen molar-refractivity contribution >= 4 is 104 Å². The molecule has 13 rings (SSSR count). The SMILES string of the molecule is c1ccc2c(c1)nc1sc3nc4ccccc4n3c3cc(-n4c5ccccc5c5cc(-n6c7ccccc7n7c8ccccc8nc67)ccc54)ccc3n12. The van der Waals surface area contributed by atoms with Gasteiger partial charge in [0.05, 0.1) is 66.2 Å². The van der Waals surface area contributed by atoms with Crippen molar-refractivity contribution in [1.29, 1.82) is 0 Å². The highest BCUT2D eigenvalue weighted by Crippen LogP contribution is 2.37. The number of imidazole rings is 4. The van der Waals surface area contributed by atoms with Gasteiger partial charge in [0.25, 0.3) is 0 Å². The van der Waals surface area contributed by atoms with Crippen LogP contribution in [0.1, 0.15) is 0 Å². The molecule has 0 bridgehead atoms. The summed E-state index contributed by atoms with van der Waals surface area (Å²) in [6.07, 6.45) is 0. The molecule has 7 aromatic carbocycles. The van der Waals surface area contributed by atoms with Crippen LogP contribution in [0.4, 0.5) is 0 Å². The Kier molecular flexibility index (Phi) is 5.37. The maximum atomic E-state index is 5.14. The fourth-order valence-electron chi connectivity index (χ4n) is 8.69. The third kappa shape index (κ3) is 3.63. The van der Waals surface area contributed by atoms with Gasteiger partial charge < -0.3 is 4.57 Å². The van der Waals surface area contributed by atoms with Crippen LogP contribution in [0.5, 0.6) is 0 Å². The largest absolute Gasteiger partial charge is 0.309 e. The molecular weight excluding hydrogens is 685 g/mol. The summed E-state index contributed by atoms with van der Waals surface area (Å²) in [4.78, 5) is 17.1. The van der Waals surface area contributed by atoms with Gasteiger partial charge in [0.2, 0.25) is 5.78 Å². The Morgan fingerprint density at radius 2 is 0.815 bits per heavy atom. The van der Waals surface area contributed by atoms with Crippen LogP contribution in [0.3, 0.4) is 0 Å². The van der Waals surface area contributed by atoms with Gasteiger partial charge in [0, 0.05) is 22.1 Å². The fourth-order valence-corrected chi connectivity index (χ4v) is 9.72. The Bertz CT molecular complexity index is 3760. The second-order valence-corrected chi connectivity index (χ2v) is 14.8. The van der Waals surface area contributed by atoms with E-state index in [1.54, 1.807) is 11.3 Å². The van der Waals surface area contributed by atoms with Crippen LogP contribution in [-0.4, -0.2) is 37.3 Å². The molecule has 8 nitrogen and oxygen atoms in total. The average Bonchev–Trinajstić information content (AvgIpc) is 4.00. The standard InChI is InChI=1S/C45H26N8S/c1-5-15-34-29(11-1)30-25-27(50-39-19-9-10-20-40(39)51-36-16-6-2-12-31(36)46-43(50)51)21-23-35(30)49(34)28-22-24-41-42(26-28)53-38-18-8-4-14-33(38)48-45(53)54-44-47-32-13-3-7-17-37(32)52(41)44/h1-26H. The Hall–Kier alpha value is -7.23. The summed E-state index contributed by atoms with van der Waals surface area (Å²) in [6, 6.07) is 56.0. The van der Waals surface area contributed by atoms with Gasteiger partial charge in [-0.15, -0.1) is 0 Å². The highest BCUT2D eigenvalue weighted by atomic mass is 32.1. The van der Waals surface area contributed by atoms with E-state index in [1.165, 1.54) is 10.8 Å². The van der Waals surface area contributed by atoms with Gasteiger partial charge in [-0.2, -0.15) is 0 Å². The maximum Gasteiger partial charge on any atom is 0.220 e. The van der Waals surface area contributed by atoms with E-state index in [-0.39, 0.29) is 0 Å². The van der Waals surface area contributed by atoms with Gasteiger partial charge in [-0.3, -0.25) is 17.8 Å². The van der Waals surface area contributed by atoms with Crippen LogP contribution >= 0.6 is 11.3 Å². The third-order valence-corrected chi connectivity index (χ3v) is 11.9. The number of rotatable bonds is 2. The molecule has 0 aliphatic rings. The first kappa shape index (κ1) is 28.4. The molecule has 0 unspecified atom stereocenters. The quantitative estimate of drug-likeness (QED) is 0.179. The molecule has 0 radical (unpaired) electrons. The summed E-state index contributed by atoms with van der Waals surface area (Å²) in [6.45, 7) is 0. The van der Waals surface area contributed by atoms with Crippen molar-refractivity contribution in [3.8, 4) is 11.4 Å². The zero-order valence-corrected chi connectivity index (χ0v) is 29.3. The number of hydrogen-bond acceptors (Lipinski definition) is 4. The Labute approximate surface area is 309 Å². The molecule has 0 atom stereocenters. The van der Waals surface area contributed by atoms with E-state index in [4.69, 9.17) is 15.0 Å². The number of fused-ring (bicyclic) bond motifs is 17. The molecule has 252 valence electrons. The highest BCUT2D eigenvalue weighted by molar-refractivity contribution is 7.21. The normalized spacial score (nSPS) is 12.4. The van der Waals surface area contributed by atoms with E-state index in [0.717, 1.165) is 93.3 Å². The minimum absolute atomic E-state index is 0.896. The second kappa shape index (κ2) is 10.2. The van der Waals surface area contributed by atoms with E-state index >= 15 is 0 Å². The first-order chi connectivity index (χ1) is 26.8. The van der Waals surface area contributed by atoms with E-state index in [9.17, 15) is 0 Å². The lowest BCUT2D eigenvalue weighted by atomic mass is 10.1. The fraction of sp³-hybridized carbons (Fsp3) is 0. The van der Waals surface area contributed by atoms with Crippen LogP contribution in [0, 0.1) is 0 Å². The zero-order chi connectivity index (χ0) is 35.1. The minimum Gasteiger partial charge on any atom is -0.309 e. The Morgan fingerprint density at radius 1 is 0.333 bits per heavy atom. The van der Waals surface area contributed by atoms with Gasteiger partial charge in [-0.25, -0.2) is 15.0 Å². The van der Waals surface area contributed by atoms with Crippen LogP contribution in [-0.2, 0) is 0 Å². The monoisotopic (exact) mass is 710 g/mol. The topological polar surface area (TPSA) is 61.8 Å². The van der Waals surface area contributed by atoms with Crippen molar-refractivity contribution in [2.75, 3.05) is 0 Å². The van der Waals surface area contributed by atoms with Crippen molar-refractivity contribution in [3.63, 3.8) is 0 Å². The van der Waals surface area contributed by atoms with Crippen molar-refractivity contribution < 1.29 is 0 Å². The highest BCUT2D eigenvalue weighted by Gasteiger charge is 2.20. The molecular formula is C45H26N8S. The van der Waals surface area contributed by atoms with E-state index in [1.807, 2.05) is 6.07 Å². The molecule has 0 aliphatic heterocycles. The average molecular weight is 711 g/mol. The molecule has 0 saturated heterocycles. The summed E-state index contributed by atoms with van der Waals surface area (Å²) >= 11 is 1.61. The summed E-state index contributed by atoms with van der Waals surface area (Å²) in [5, 5.41) is 2.37. The van der Waals surface area contributed by atoms with E-state index in [2.05, 4.69) is 174 Å². The molecule has 0 spiro atoms. The van der Waals surface area contributed by atoms with Gasteiger partial charge in [-0.1, -0.05) is 78.1 Å². The van der Waals surface area contributed by atoms with E-state index < -0.39 is 0 Å². The lowest BCUT2D eigenvalue weighted by Crippen LogP contribution is -1.97. The predicted octanol–water partition coefficient (Wildman–Crippen LogP) is 10.9. The minimum atomic E-state index is 0.896. The number of aromatic nitrogens is 8. The molecule has 0 N–H and O–H groups in total. The van der Waals surface area contributed by atoms with Crippen molar-refractivity contribution in [1.82, 2.24) is 37.3 Å². The molecule has 6 heterocycles. The maximum absolute atomic E-state index is 5.14. The van der Waals surface area contributed by atoms with E-state index in [0.29, 0.717) is 0 Å². The first-order valence-electron chi connectivity index (χ1n) is 18.0. The lowest BCUT2D eigenvalue weighted by molar-refractivity contribution is 1.11. The van der Waals surface area contributed by atoms with Gasteiger partial charge in [0.15, 0.2) is 9.92 Å². The molecule has 0 aliphatic carbocycles. The van der Waals surface area contributed by atoms with Crippen molar-refractivity contribution in [2.24, 2.45) is 0 Å². The zero-order valence-electron chi connectivity index (χ0n) is 28.5. The van der Waals surface area contributed by atoms with Gasteiger partial charge in [0.1, 0.15) is 0 Å². The molecule has 6 aromatic heterocycles. The van der Waals surface area contributed by atoms with Crippen molar-refractivity contribution in [2.45, 2.75) is 0 Å². The number of benzene rings is 7. The summed E-state index contributed by atoms with van der Waals surface area (Å²) in [5.41, 5.74) is 14.9.